The van der Waals surface area contributed by atoms with Crippen molar-refractivity contribution in [1.29, 1.82) is 0 Å². The molecule has 18 heavy (non-hydrogen) atoms. The Morgan fingerprint density at radius 2 is 1.72 bits per heavy atom. The summed E-state index contributed by atoms with van der Waals surface area (Å²) in [5.74, 6) is 0. The Balaban J connectivity index is 2.24. The van der Waals surface area contributed by atoms with Gasteiger partial charge in [0.25, 0.3) is 0 Å². The third-order valence-corrected chi connectivity index (χ3v) is 4.22. The molecule has 0 spiro atoms. The molecule has 0 radical (unpaired) electrons. The number of halogens is 3. The summed E-state index contributed by atoms with van der Waals surface area (Å²) in [6.07, 6.45) is 1.42. The van der Waals surface area contributed by atoms with Crippen LogP contribution in [0, 0.1) is 0 Å². The molecular weight excluding hydrogens is 313 g/mol. The minimum atomic E-state index is -0.186. The number of thioether (sulfide) groups is 1. The van der Waals surface area contributed by atoms with Crippen LogP contribution in [0.3, 0.4) is 0 Å². The number of rotatable bonds is 2. The SMILES string of the molecule is O=C(Sc1c(Cl)cccc1Cl)c1ccc(Cl)nc1. The Hall–Kier alpha value is -0.740. The standard InChI is InChI=1S/C12H6Cl3NOS/c13-8-2-1-3-9(14)11(8)18-12(17)7-4-5-10(15)16-6-7/h1-6H. The van der Waals surface area contributed by atoms with Gasteiger partial charge in [-0.05, 0) is 36.0 Å². The van der Waals surface area contributed by atoms with Gasteiger partial charge in [-0.2, -0.15) is 0 Å². The van der Waals surface area contributed by atoms with Crippen LogP contribution in [0.15, 0.2) is 41.4 Å². The zero-order chi connectivity index (χ0) is 13.1. The van der Waals surface area contributed by atoms with E-state index in [1.165, 1.54) is 6.20 Å². The van der Waals surface area contributed by atoms with Gasteiger partial charge in [0.2, 0.25) is 5.12 Å². The first-order valence-corrected chi connectivity index (χ1v) is 6.80. The third kappa shape index (κ3) is 3.18. The van der Waals surface area contributed by atoms with Crippen molar-refractivity contribution in [2.75, 3.05) is 0 Å². The minimum absolute atomic E-state index is 0.186. The van der Waals surface area contributed by atoms with E-state index in [2.05, 4.69) is 4.98 Å². The van der Waals surface area contributed by atoms with Crippen LogP contribution in [0.25, 0.3) is 0 Å². The van der Waals surface area contributed by atoms with Gasteiger partial charge in [-0.25, -0.2) is 4.98 Å². The maximum absolute atomic E-state index is 12.0. The van der Waals surface area contributed by atoms with Gasteiger partial charge in [-0.3, -0.25) is 4.79 Å². The van der Waals surface area contributed by atoms with Crippen LogP contribution in [0.2, 0.25) is 15.2 Å². The number of nitrogens with zero attached hydrogens (tertiary/aromatic N) is 1. The second kappa shape index (κ2) is 5.93. The lowest BCUT2D eigenvalue weighted by atomic mass is 10.3. The number of hydrogen-bond donors (Lipinski definition) is 0. The topological polar surface area (TPSA) is 30.0 Å². The van der Waals surface area contributed by atoms with Crippen LogP contribution < -0.4 is 0 Å². The molecule has 1 heterocycles. The first kappa shape index (κ1) is 13.7. The first-order chi connectivity index (χ1) is 8.58. The van der Waals surface area contributed by atoms with Gasteiger partial charge in [0.1, 0.15) is 5.15 Å². The van der Waals surface area contributed by atoms with Gasteiger partial charge < -0.3 is 0 Å². The quantitative estimate of drug-likeness (QED) is 0.578. The highest BCUT2D eigenvalue weighted by Crippen LogP contribution is 2.35. The molecule has 1 aromatic heterocycles. The van der Waals surface area contributed by atoms with Crippen molar-refractivity contribution in [1.82, 2.24) is 4.98 Å². The van der Waals surface area contributed by atoms with Crippen LogP contribution in [-0.4, -0.2) is 10.1 Å². The highest BCUT2D eigenvalue weighted by molar-refractivity contribution is 8.14. The van der Waals surface area contributed by atoms with Crippen molar-refractivity contribution in [3.8, 4) is 0 Å². The van der Waals surface area contributed by atoms with Gasteiger partial charge in [0.05, 0.1) is 14.9 Å². The Morgan fingerprint density at radius 1 is 1.06 bits per heavy atom. The van der Waals surface area contributed by atoms with Gasteiger partial charge in [0.15, 0.2) is 0 Å². The summed E-state index contributed by atoms with van der Waals surface area (Å²) in [6, 6.07) is 8.26. The van der Waals surface area contributed by atoms with E-state index >= 15 is 0 Å². The molecule has 0 saturated carbocycles. The number of carbonyl (C=O) groups is 1. The second-order valence-electron chi connectivity index (χ2n) is 3.31. The van der Waals surface area contributed by atoms with Crippen LogP contribution in [0.5, 0.6) is 0 Å². The fourth-order valence-corrected chi connectivity index (χ4v) is 2.72. The Bertz CT molecular complexity index is 566. The Labute approximate surface area is 123 Å². The average molecular weight is 319 g/mol. The second-order valence-corrected chi connectivity index (χ2v) is 5.49. The van der Waals surface area contributed by atoms with E-state index in [0.29, 0.717) is 25.7 Å². The summed E-state index contributed by atoms with van der Waals surface area (Å²) in [5, 5.41) is 1.05. The van der Waals surface area contributed by atoms with Crippen molar-refractivity contribution < 1.29 is 4.79 Å². The molecule has 0 unspecified atom stereocenters. The fourth-order valence-electron chi connectivity index (χ4n) is 1.23. The van der Waals surface area contributed by atoms with Crippen molar-refractivity contribution in [2.45, 2.75) is 4.90 Å². The van der Waals surface area contributed by atoms with Crippen molar-refractivity contribution in [3.05, 3.63) is 57.3 Å². The van der Waals surface area contributed by atoms with E-state index in [0.717, 1.165) is 11.8 Å². The van der Waals surface area contributed by atoms with Gasteiger partial charge in [0, 0.05) is 11.8 Å². The molecule has 6 heteroatoms. The van der Waals surface area contributed by atoms with E-state index in [4.69, 9.17) is 34.8 Å². The summed E-state index contributed by atoms with van der Waals surface area (Å²) >= 11 is 18.6. The molecule has 0 aliphatic heterocycles. The van der Waals surface area contributed by atoms with Crippen LogP contribution >= 0.6 is 46.6 Å². The van der Waals surface area contributed by atoms with Crippen molar-refractivity contribution in [2.24, 2.45) is 0 Å². The zero-order valence-corrected chi connectivity index (χ0v) is 11.9. The van der Waals surface area contributed by atoms with Crippen LogP contribution in [0.4, 0.5) is 0 Å². The normalized spacial score (nSPS) is 10.4. The maximum atomic E-state index is 12.0. The largest absolute Gasteiger partial charge is 0.281 e. The molecule has 0 aliphatic rings. The predicted octanol–water partition coefficient (Wildman–Crippen LogP) is 4.97. The highest BCUT2D eigenvalue weighted by atomic mass is 35.5. The van der Waals surface area contributed by atoms with E-state index in [9.17, 15) is 4.79 Å². The van der Waals surface area contributed by atoms with Gasteiger partial charge in [-0.15, -0.1) is 0 Å². The average Bonchev–Trinajstić information content (AvgIpc) is 2.34. The van der Waals surface area contributed by atoms with Crippen molar-refractivity contribution >= 4 is 51.7 Å². The number of hydrogen-bond acceptors (Lipinski definition) is 3. The fraction of sp³-hybridized carbons (Fsp3) is 0. The monoisotopic (exact) mass is 317 g/mol. The number of benzene rings is 1. The lowest BCUT2D eigenvalue weighted by molar-refractivity contribution is 0.108. The summed E-state index contributed by atoms with van der Waals surface area (Å²) in [5.41, 5.74) is 0.445. The molecule has 0 atom stereocenters. The molecule has 2 nitrogen and oxygen atoms in total. The molecular formula is C12H6Cl3NOS. The van der Waals surface area contributed by atoms with E-state index in [1.807, 2.05) is 0 Å². The molecule has 0 bridgehead atoms. The molecule has 0 N–H and O–H groups in total. The van der Waals surface area contributed by atoms with E-state index in [-0.39, 0.29) is 5.12 Å². The summed E-state index contributed by atoms with van der Waals surface area (Å²) < 4.78 is 0. The Morgan fingerprint density at radius 3 is 2.28 bits per heavy atom. The van der Waals surface area contributed by atoms with Gasteiger partial charge in [-0.1, -0.05) is 40.9 Å². The predicted molar refractivity (Wildman–Crippen MR) is 75.9 cm³/mol. The van der Waals surface area contributed by atoms with Gasteiger partial charge >= 0.3 is 0 Å². The molecule has 2 rings (SSSR count). The first-order valence-electron chi connectivity index (χ1n) is 4.85. The molecule has 0 saturated heterocycles. The van der Waals surface area contributed by atoms with Crippen LogP contribution in [-0.2, 0) is 0 Å². The summed E-state index contributed by atoms with van der Waals surface area (Å²) in [7, 11) is 0. The van der Waals surface area contributed by atoms with E-state index < -0.39 is 0 Å². The number of carbonyl (C=O) groups excluding carboxylic acids is 1. The third-order valence-electron chi connectivity index (χ3n) is 2.08. The van der Waals surface area contributed by atoms with Crippen molar-refractivity contribution in [3.63, 3.8) is 0 Å². The molecule has 0 fully saturated rings. The summed E-state index contributed by atoms with van der Waals surface area (Å²) in [6.45, 7) is 0. The number of pyridine rings is 1. The molecule has 0 amide bonds. The molecule has 92 valence electrons. The zero-order valence-electron chi connectivity index (χ0n) is 8.86. The smallest absolute Gasteiger partial charge is 0.225 e. The molecule has 0 aliphatic carbocycles. The maximum Gasteiger partial charge on any atom is 0.225 e. The number of aromatic nitrogens is 1. The molecule has 1 aromatic carbocycles. The Kier molecular flexibility index (Phi) is 4.51. The lowest BCUT2D eigenvalue weighted by Crippen LogP contribution is -1.94. The summed E-state index contributed by atoms with van der Waals surface area (Å²) in [4.78, 5) is 16.4. The molecule has 2 aromatic rings. The van der Waals surface area contributed by atoms with Crippen LogP contribution in [0.1, 0.15) is 10.4 Å². The minimum Gasteiger partial charge on any atom is -0.281 e. The lowest BCUT2D eigenvalue weighted by Gasteiger charge is -2.05. The van der Waals surface area contributed by atoms with E-state index in [1.54, 1.807) is 30.3 Å². The highest BCUT2D eigenvalue weighted by Gasteiger charge is 2.13.